The van der Waals surface area contributed by atoms with Crippen LogP contribution in [0.15, 0.2) is 48.5 Å². The van der Waals surface area contributed by atoms with Crippen molar-refractivity contribution in [1.29, 1.82) is 0 Å². The molecule has 3 N–H and O–H groups in total. The summed E-state index contributed by atoms with van der Waals surface area (Å²) in [6.07, 6.45) is 2.57. The van der Waals surface area contributed by atoms with Gasteiger partial charge in [0.2, 0.25) is 5.91 Å². The number of carbonyl (C=O) groups is 2. The number of rotatable bonds is 6. The quantitative estimate of drug-likeness (QED) is 0.701. The van der Waals surface area contributed by atoms with E-state index in [1.54, 1.807) is 12.1 Å². The van der Waals surface area contributed by atoms with Crippen LogP contribution in [0.4, 0.5) is 11.4 Å². The molecule has 3 rings (SSSR count). The largest absolute Gasteiger partial charge is 0.326 e. The second kappa shape index (κ2) is 10.1. The molecule has 0 bridgehead atoms. The highest BCUT2D eigenvalue weighted by molar-refractivity contribution is 6.04. The summed E-state index contributed by atoms with van der Waals surface area (Å²) in [5.41, 5.74) is 2.98. The van der Waals surface area contributed by atoms with Crippen LogP contribution < -0.4 is 16.0 Å². The first kappa shape index (κ1) is 20.9. The van der Waals surface area contributed by atoms with Crippen molar-refractivity contribution in [2.24, 2.45) is 5.92 Å². The van der Waals surface area contributed by atoms with Crippen molar-refractivity contribution in [3.8, 4) is 0 Å². The molecular formula is C21H26ClN3O2. The zero-order valence-electron chi connectivity index (χ0n) is 15.5. The number of hydrogen-bond acceptors (Lipinski definition) is 3. The standard InChI is InChI=1S/C21H25N3O2.ClH/c1-15-7-9-18(23-21(26)17-5-3-2-4-6-17)13-19(15)24-20(25)10-8-16-11-12-22-14-16;/h2-7,9,13,16,22H,8,10-12,14H2,1H3,(H,23,26)(H,24,25);1H. The molecule has 2 amide bonds. The Morgan fingerprint density at radius 2 is 1.89 bits per heavy atom. The minimum atomic E-state index is -0.166. The number of carbonyl (C=O) groups excluding carboxylic acids is 2. The van der Waals surface area contributed by atoms with Gasteiger partial charge in [-0.3, -0.25) is 9.59 Å². The zero-order chi connectivity index (χ0) is 18.4. The van der Waals surface area contributed by atoms with Gasteiger partial charge in [0.25, 0.3) is 5.91 Å². The van der Waals surface area contributed by atoms with Crippen molar-refractivity contribution in [1.82, 2.24) is 5.32 Å². The average molecular weight is 388 g/mol. The highest BCUT2D eigenvalue weighted by atomic mass is 35.5. The minimum Gasteiger partial charge on any atom is -0.326 e. The number of halogens is 1. The van der Waals surface area contributed by atoms with Gasteiger partial charge in [0.05, 0.1) is 0 Å². The Labute approximate surface area is 166 Å². The van der Waals surface area contributed by atoms with Crippen molar-refractivity contribution < 1.29 is 9.59 Å². The van der Waals surface area contributed by atoms with E-state index in [2.05, 4.69) is 16.0 Å². The summed E-state index contributed by atoms with van der Waals surface area (Å²) in [5.74, 6) is 0.449. The highest BCUT2D eigenvalue weighted by Gasteiger charge is 2.16. The predicted molar refractivity (Wildman–Crippen MR) is 112 cm³/mol. The lowest BCUT2D eigenvalue weighted by Crippen LogP contribution is -2.16. The van der Waals surface area contributed by atoms with Crippen molar-refractivity contribution in [3.63, 3.8) is 0 Å². The van der Waals surface area contributed by atoms with Crippen LogP contribution in [0.2, 0.25) is 0 Å². The maximum atomic E-state index is 12.3. The van der Waals surface area contributed by atoms with E-state index >= 15 is 0 Å². The molecule has 6 heteroatoms. The van der Waals surface area contributed by atoms with Crippen LogP contribution in [0.1, 0.15) is 35.2 Å². The lowest BCUT2D eigenvalue weighted by atomic mass is 10.0. The summed E-state index contributed by atoms with van der Waals surface area (Å²) in [6, 6.07) is 14.6. The molecule has 0 spiro atoms. The molecule has 1 aliphatic rings. The van der Waals surface area contributed by atoms with E-state index in [4.69, 9.17) is 0 Å². The molecule has 0 saturated carbocycles. The monoisotopic (exact) mass is 387 g/mol. The lowest BCUT2D eigenvalue weighted by molar-refractivity contribution is -0.116. The number of hydrogen-bond donors (Lipinski definition) is 3. The topological polar surface area (TPSA) is 70.2 Å². The van der Waals surface area contributed by atoms with Crippen molar-refractivity contribution in [2.75, 3.05) is 23.7 Å². The van der Waals surface area contributed by atoms with E-state index in [-0.39, 0.29) is 24.2 Å². The predicted octanol–water partition coefficient (Wildman–Crippen LogP) is 4.00. The van der Waals surface area contributed by atoms with Gasteiger partial charge >= 0.3 is 0 Å². The Bertz CT molecular complexity index is 774. The molecule has 0 aromatic heterocycles. The van der Waals surface area contributed by atoms with Gasteiger partial charge in [0.1, 0.15) is 0 Å². The molecule has 2 aromatic carbocycles. The maximum absolute atomic E-state index is 12.3. The molecular weight excluding hydrogens is 362 g/mol. The maximum Gasteiger partial charge on any atom is 0.255 e. The third-order valence-electron chi connectivity index (χ3n) is 4.75. The van der Waals surface area contributed by atoms with Crippen LogP contribution in [0, 0.1) is 12.8 Å². The molecule has 1 heterocycles. The van der Waals surface area contributed by atoms with Crippen molar-refractivity contribution in [3.05, 3.63) is 59.7 Å². The Kier molecular flexibility index (Phi) is 7.82. The van der Waals surface area contributed by atoms with Gasteiger partial charge in [0, 0.05) is 23.4 Å². The molecule has 2 aromatic rings. The first-order valence-electron chi connectivity index (χ1n) is 9.09. The SMILES string of the molecule is Cc1ccc(NC(=O)c2ccccc2)cc1NC(=O)CCC1CCNC1.Cl. The fourth-order valence-electron chi connectivity index (χ4n) is 3.14. The molecule has 5 nitrogen and oxygen atoms in total. The molecule has 0 aliphatic carbocycles. The molecule has 0 radical (unpaired) electrons. The van der Waals surface area contributed by atoms with Gasteiger partial charge in [-0.15, -0.1) is 12.4 Å². The summed E-state index contributed by atoms with van der Waals surface area (Å²) >= 11 is 0. The number of anilines is 2. The van der Waals surface area contributed by atoms with Crippen LogP contribution in [-0.2, 0) is 4.79 Å². The molecule has 144 valence electrons. The molecule has 1 aliphatic heterocycles. The van der Waals surface area contributed by atoms with Gasteiger partial charge in [-0.2, -0.15) is 0 Å². The Morgan fingerprint density at radius 3 is 2.59 bits per heavy atom. The highest BCUT2D eigenvalue weighted by Crippen LogP contribution is 2.22. The zero-order valence-corrected chi connectivity index (χ0v) is 16.3. The first-order valence-corrected chi connectivity index (χ1v) is 9.09. The van der Waals surface area contributed by atoms with Crippen LogP contribution >= 0.6 is 12.4 Å². The third-order valence-corrected chi connectivity index (χ3v) is 4.75. The van der Waals surface area contributed by atoms with Crippen LogP contribution in [0.3, 0.4) is 0 Å². The Balaban J connectivity index is 0.00000261. The van der Waals surface area contributed by atoms with Crippen LogP contribution in [-0.4, -0.2) is 24.9 Å². The summed E-state index contributed by atoms with van der Waals surface area (Å²) in [5, 5.41) is 9.18. The van der Waals surface area contributed by atoms with Gasteiger partial charge in [-0.05, 0) is 68.6 Å². The van der Waals surface area contributed by atoms with E-state index in [9.17, 15) is 9.59 Å². The second-order valence-electron chi connectivity index (χ2n) is 6.80. The van der Waals surface area contributed by atoms with Gasteiger partial charge in [-0.25, -0.2) is 0 Å². The summed E-state index contributed by atoms with van der Waals surface area (Å²) in [7, 11) is 0. The van der Waals surface area contributed by atoms with E-state index in [0.29, 0.717) is 23.6 Å². The van der Waals surface area contributed by atoms with Gasteiger partial charge < -0.3 is 16.0 Å². The molecule has 27 heavy (non-hydrogen) atoms. The smallest absolute Gasteiger partial charge is 0.255 e. The van der Waals surface area contributed by atoms with Crippen molar-refractivity contribution in [2.45, 2.75) is 26.2 Å². The fourth-order valence-corrected chi connectivity index (χ4v) is 3.14. The van der Waals surface area contributed by atoms with E-state index in [1.807, 2.05) is 43.3 Å². The lowest BCUT2D eigenvalue weighted by Gasteiger charge is -2.13. The number of amides is 2. The van der Waals surface area contributed by atoms with E-state index < -0.39 is 0 Å². The van der Waals surface area contributed by atoms with Crippen LogP contribution in [0.25, 0.3) is 0 Å². The molecule has 1 saturated heterocycles. The second-order valence-corrected chi connectivity index (χ2v) is 6.80. The third kappa shape index (κ3) is 6.08. The number of aryl methyl sites for hydroxylation is 1. The fraction of sp³-hybridized carbons (Fsp3) is 0.333. The first-order chi connectivity index (χ1) is 12.6. The van der Waals surface area contributed by atoms with Gasteiger partial charge in [-0.1, -0.05) is 24.3 Å². The van der Waals surface area contributed by atoms with E-state index in [0.717, 1.165) is 37.2 Å². The normalized spacial score (nSPS) is 15.7. The molecule has 1 unspecified atom stereocenters. The molecule has 1 fully saturated rings. The van der Waals surface area contributed by atoms with Crippen molar-refractivity contribution >= 4 is 35.6 Å². The summed E-state index contributed by atoms with van der Waals surface area (Å²) in [6.45, 7) is 4.00. The van der Waals surface area contributed by atoms with Gasteiger partial charge in [0.15, 0.2) is 0 Å². The average Bonchev–Trinajstić information content (AvgIpc) is 3.17. The van der Waals surface area contributed by atoms with E-state index in [1.165, 1.54) is 0 Å². The molecule has 1 atom stereocenters. The number of benzene rings is 2. The number of nitrogens with one attached hydrogen (secondary N) is 3. The summed E-state index contributed by atoms with van der Waals surface area (Å²) < 4.78 is 0. The Morgan fingerprint density at radius 1 is 1.11 bits per heavy atom. The minimum absolute atomic E-state index is 0. The summed E-state index contributed by atoms with van der Waals surface area (Å²) in [4.78, 5) is 24.5. The Hall–Kier alpha value is -2.37. The van der Waals surface area contributed by atoms with Crippen LogP contribution in [0.5, 0.6) is 0 Å².